The Balaban J connectivity index is -0.000000405. The van der Waals surface area contributed by atoms with Crippen LogP contribution in [0.3, 0.4) is 0 Å². The fourth-order valence-electron chi connectivity index (χ4n) is 0.334. The Hall–Kier alpha value is 0.576. The molecule has 0 fully saturated rings. The maximum atomic E-state index is 10.4. The van der Waals surface area contributed by atoms with E-state index in [-0.39, 0.29) is 58.9 Å². The maximum Gasteiger partial charge on any atom is 1.00 e. The topological polar surface area (TPSA) is 52.6 Å². The van der Waals surface area contributed by atoms with Crippen LogP contribution >= 0.6 is 0 Å². The van der Waals surface area contributed by atoms with Gasteiger partial charge in [0.2, 0.25) is 0 Å². The second-order valence-corrected chi connectivity index (χ2v) is 2.01. The van der Waals surface area contributed by atoms with Gasteiger partial charge in [-0.15, -0.1) is 0 Å². The molecule has 0 saturated carbocycles. The molecule has 0 rings (SSSR count). The first-order valence-corrected chi connectivity index (χ1v) is 2.91. The van der Waals surface area contributed by atoms with Gasteiger partial charge >= 0.3 is 63.5 Å². The van der Waals surface area contributed by atoms with Crippen LogP contribution in [0.25, 0.3) is 0 Å². The number of hydrogen-bond donors (Lipinski definition) is 0. The fourth-order valence-corrected chi connectivity index (χ4v) is 0.334. The molecular formula is C6H11KO4. The van der Waals surface area contributed by atoms with Crippen molar-refractivity contribution >= 4 is 12.1 Å². The summed E-state index contributed by atoms with van der Waals surface area (Å²) in [6.07, 6.45) is -1.20. The number of carbonyl (C=O) groups is 2. The maximum absolute atomic E-state index is 10.4. The van der Waals surface area contributed by atoms with Gasteiger partial charge in [-0.2, -0.15) is 0 Å². The average Bonchev–Trinajstić information content (AvgIpc) is 1.58. The third-order valence-electron chi connectivity index (χ3n) is 0.559. The summed E-state index contributed by atoms with van der Waals surface area (Å²) in [4.78, 5) is 20.5. The third-order valence-corrected chi connectivity index (χ3v) is 0.559. The Labute approximate surface area is 110 Å². The van der Waals surface area contributed by atoms with Crippen LogP contribution in [0.4, 0.5) is 4.79 Å². The van der Waals surface area contributed by atoms with Gasteiger partial charge in [-0.3, -0.25) is 4.79 Å². The van der Waals surface area contributed by atoms with Gasteiger partial charge in [-0.25, -0.2) is 4.79 Å². The summed E-state index contributed by atoms with van der Waals surface area (Å²) in [5.41, 5.74) is 0. The molecule has 0 atom stereocenters. The van der Waals surface area contributed by atoms with E-state index in [9.17, 15) is 9.59 Å². The summed E-state index contributed by atoms with van der Waals surface area (Å²) in [7, 11) is 0. The molecule has 0 heterocycles. The van der Waals surface area contributed by atoms with Crippen molar-refractivity contribution in [2.45, 2.75) is 26.9 Å². The van der Waals surface area contributed by atoms with Crippen molar-refractivity contribution in [2.24, 2.45) is 0 Å². The van der Waals surface area contributed by atoms with Crippen molar-refractivity contribution in [3.63, 3.8) is 0 Å². The number of carbonyl (C=O) groups excluding carboxylic acids is 2. The molecule has 0 unspecified atom stereocenters. The molecule has 5 heteroatoms. The molecule has 0 aromatic carbocycles. The van der Waals surface area contributed by atoms with Crippen LogP contribution in [0.5, 0.6) is 0 Å². The molecule has 11 heavy (non-hydrogen) atoms. The molecule has 0 aromatic heterocycles. The summed E-state index contributed by atoms with van der Waals surface area (Å²) in [5.74, 6) is -0.661. The molecule has 0 aliphatic carbocycles. The van der Waals surface area contributed by atoms with Crippen LogP contribution in [0.2, 0.25) is 0 Å². The monoisotopic (exact) mass is 186 g/mol. The number of rotatable bonds is 1. The third kappa shape index (κ3) is 10.6. The van der Waals surface area contributed by atoms with E-state index in [1.165, 1.54) is 0 Å². The van der Waals surface area contributed by atoms with Crippen LogP contribution in [-0.4, -0.2) is 18.2 Å². The van der Waals surface area contributed by atoms with E-state index in [0.717, 1.165) is 6.92 Å². The smallest absolute Gasteiger partial charge is 1.00 e. The van der Waals surface area contributed by atoms with E-state index < -0.39 is 12.1 Å². The molecule has 0 aliphatic heterocycles. The van der Waals surface area contributed by atoms with Crippen LogP contribution in [-0.2, 0) is 14.3 Å². The van der Waals surface area contributed by atoms with Crippen molar-refractivity contribution in [2.75, 3.05) is 0 Å². The second kappa shape index (κ2) is 7.24. The summed E-state index contributed by atoms with van der Waals surface area (Å²) >= 11 is 0. The first kappa shape index (κ1) is 14.1. The molecule has 0 aliphatic rings. The van der Waals surface area contributed by atoms with Gasteiger partial charge in [-0.05, 0) is 13.8 Å². The van der Waals surface area contributed by atoms with E-state index >= 15 is 0 Å². The van der Waals surface area contributed by atoms with Crippen LogP contribution in [0.15, 0.2) is 0 Å². The molecule has 0 amide bonds. The minimum Gasteiger partial charge on any atom is -1.00 e. The SMILES string of the molecule is CC(=O)OC(=O)OC(C)C.[H-].[K+]. The van der Waals surface area contributed by atoms with Gasteiger partial charge in [-0.1, -0.05) is 0 Å². The van der Waals surface area contributed by atoms with Crippen molar-refractivity contribution < 1.29 is 71.9 Å². The molecule has 0 spiro atoms. The molecule has 0 N–H and O–H groups in total. The second-order valence-electron chi connectivity index (χ2n) is 2.01. The summed E-state index contributed by atoms with van der Waals surface area (Å²) in [5, 5.41) is 0. The predicted octanol–water partition coefficient (Wildman–Crippen LogP) is -1.79. The minimum atomic E-state index is -0.942. The zero-order chi connectivity index (χ0) is 8.15. The van der Waals surface area contributed by atoms with Gasteiger partial charge in [0.25, 0.3) is 0 Å². The molecule has 4 nitrogen and oxygen atoms in total. The molecule has 0 radical (unpaired) electrons. The van der Waals surface area contributed by atoms with E-state index in [2.05, 4.69) is 9.47 Å². The Kier molecular flexibility index (Phi) is 9.29. The van der Waals surface area contributed by atoms with Gasteiger partial charge < -0.3 is 10.9 Å². The van der Waals surface area contributed by atoms with Crippen LogP contribution in [0.1, 0.15) is 22.2 Å². The standard InChI is InChI=1S/C6H10O4.K.H/c1-4(2)9-6(8)10-5(3)7;;/h4H,1-3H3;;/q;+1;-1. The van der Waals surface area contributed by atoms with E-state index in [4.69, 9.17) is 0 Å². The summed E-state index contributed by atoms with van der Waals surface area (Å²) in [6.45, 7) is 4.48. The van der Waals surface area contributed by atoms with E-state index in [1.54, 1.807) is 13.8 Å². The zero-order valence-electron chi connectivity index (χ0n) is 8.21. The first-order valence-electron chi connectivity index (χ1n) is 2.91. The number of esters is 1. The molecular weight excluding hydrogens is 175 g/mol. The predicted molar refractivity (Wildman–Crippen MR) is 34.5 cm³/mol. The molecule has 0 saturated heterocycles. The summed E-state index contributed by atoms with van der Waals surface area (Å²) < 4.78 is 8.54. The van der Waals surface area contributed by atoms with Gasteiger partial charge in [0.1, 0.15) is 0 Å². The Morgan fingerprint density at radius 1 is 1.36 bits per heavy atom. The fraction of sp³-hybridized carbons (Fsp3) is 0.667. The Morgan fingerprint density at radius 2 is 1.82 bits per heavy atom. The van der Waals surface area contributed by atoms with E-state index in [1.807, 2.05) is 0 Å². The van der Waals surface area contributed by atoms with Crippen molar-refractivity contribution in [1.82, 2.24) is 0 Å². The Morgan fingerprint density at radius 3 is 2.09 bits per heavy atom. The summed E-state index contributed by atoms with van der Waals surface area (Å²) in [6, 6.07) is 0. The Bertz CT molecular complexity index is 148. The molecule has 0 aromatic rings. The zero-order valence-corrected chi connectivity index (χ0v) is 10.3. The van der Waals surface area contributed by atoms with Gasteiger partial charge in [0.05, 0.1) is 6.10 Å². The minimum absolute atomic E-state index is 0. The molecule has 60 valence electrons. The van der Waals surface area contributed by atoms with E-state index in [0.29, 0.717) is 0 Å². The number of hydrogen-bond acceptors (Lipinski definition) is 4. The first-order chi connectivity index (χ1) is 4.52. The van der Waals surface area contributed by atoms with Crippen molar-refractivity contribution in [1.29, 1.82) is 0 Å². The number of ether oxygens (including phenoxy) is 2. The van der Waals surface area contributed by atoms with Crippen molar-refractivity contribution in [3.05, 3.63) is 0 Å². The largest absolute Gasteiger partial charge is 1.00 e. The quantitative estimate of drug-likeness (QED) is 0.276. The normalized spacial score (nSPS) is 8.36. The van der Waals surface area contributed by atoms with Crippen molar-refractivity contribution in [3.8, 4) is 0 Å². The van der Waals surface area contributed by atoms with Crippen LogP contribution < -0.4 is 51.4 Å². The van der Waals surface area contributed by atoms with Gasteiger partial charge in [0, 0.05) is 6.92 Å². The average molecular weight is 186 g/mol. The molecule has 0 bridgehead atoms. The van der Waals surface area contributed by atoms with Gasteiger partial charge in [0.15, 0.2) is 0 Å². The van der Waals surface area contributed by atoms with Crippen LogP contribution in [0, 0.1) is 0 Å².